The van der Waals surface area contributed by atoms with Crippen molar-refractivity contribution in [1.82, 2.24) is 4.90 Å². The number of carboxylic acids is 1. The monoisotopic (exact) mass is 400 g/mol. The lowest BCUT2D eigenvalue weighted by molar-refractivity contribution is -0.137. The summed E-state index contributed by atoms with van der Waals surface area (Å²) in [5.41, 5.74) is 11.1. The van der Waals surface area contributed by atoms with Crippen LogP contribution in [0.5, 0.6) is 11.5 Å². The Balaban J connectivity index is 1.84. The maximum atomic E-state index is 11.1. The Bertz CT molecular complexity index is 946. The summed E-state index contributed by atoms with van der Waals surface area (Å²) in [5, 5.41) is 19.9. The first-order chi connectivity index (χ1) is 13.4. The van der Waals surface area contributed by atoms with Crippen molar-refractivity contribution < 1.29 is 19.7 Å². The number of hydrogen-bond donors (Lipinski definition) is 3. The van der Waals surface area contributed by atoms with Crippen molar-refractivity contribution in [2.24, 2.45) is 5.73 Å². The number of thioether (sulfide) groups is 1. The number of aliphatic carboxylic acids is 1. The summed E-state index contributed by atoms with van der Waals surface area (Å²) >= 11 is 1.44. The molecule has 4 N–H and O–H groups in total. The molecule has 0 bridgehead atoms. The number of aromatic hydroxyl groups is 1. The molecule has 28 heavy (non-hydrogen) atoms. The van der Waals surface area contributed by atoms with Crippen LogP contribution in [0.4, 0.5) is 0 Å². The molecule has 0 saturated carbocycles. The van der Waals surface area contributed by atoms with Crippen molar-refractivity contribution in [1.29, 1.82) is 0 Å². The highest BCUT2D eigenvalue weighted by molar-refractivity contribution is 7.99. The van der Waals surface area contributed by atoms with Crippen LogP contribution in [0.1, 0.15) is 22.7 Å². The Morgan fingerprint density at radius 3 is 2.89 bits per heavy atom. The zero-order valence-corrected chi connectivity index (χ0v) is 16.8. The lowest BCUT2D eigenvalue weighted by atomic mass is 9.77. The zero-order valence-electron chi connectivity index (χ0n) is 15.9. The van der Waals surface area contributed by atoms with Gasteiger partial charge in [0.1, 0.15) is 6.04 Å². The molecule has 7 heteroatoms. The quantitative estimate of drug-likeness (QED) is 0.664. The number of carbonyl (C=O) groups is 1. The van der Waals surface area contributed by atoms with Crippen LogP contribution in [0.25, 0.3) is 11.1 Å². The van der Waals surface area contributed by atoms with E-state index in [4.69, 9.17) is 15.6 Å². The van der Waals surface area contributed by atoms with E-state index in [1.165, 1.54) is 22.9 Å². The lowest BCUT2D eigenvalue weighted by Crippen LogP contribution is -2.35. The van der Waals surface area contributed by atoms with E-state index < -0.39 is 12.0 Å². The van der Waals surface area contributed by atoms with Gasteiger partial charge in [-0.1, -0.05) is 6.07 Å². The highest BCUT2D eigenvalue weighted by atomic mass is 32.2. The fraction of sp³-hybridized carbons (Fsp3) is 0.381. The van der Waals surface area contributed by atoms with Gasteiger partial charge >= 0.3 is 5.97 Å². The molecular weight excluding hydrogens is 376 g/mol. The minimum absolute atomic E-state index is 0.165. The maximum Gasteiger partial charge on any atom is 0.321 e. The van der Waals surface area contributed by atoms with Gasteiger partial charge in [0.25, 0.3) is 0 Å². The highest BCUT2D eigenvalue weighted by Gasteiger charge is 2.35. The number of nitrogens with zero attached hydrogens (tertiary/aromatic N) is 1. The number of fused-ring (bicyclic) bond motifs is 2. The molecule has 2 aromatic carbocycles. The minimum Gasteiger partial charge on any atom is -0.504 e. The first-order valence-electron chi connectivity index (χ1n) is 9.28. The summed E-state index contributed by atoms with van der Waals surface area (Å²) in [4.78, 5) is 14.4. The lowest BCUT2D eigenvalue weighted by Gasteiger charge is -2.40. The number of methoxy groups -OCH3 is 1. The van der Waals surface area contributed by atoms with E-state index in [-0.39, 0.29) is 11.8 Å². The van der Waals surface area contributed by atoms with Crippen molar-refractivity contribution in [2.75, 3.05) is 26.5 Å². The van der Waals surface area contributed by atoms with E-state index in [0.29, 0.717) is 11.5 Å². The number of hydrogen-bond acceptors (Lipinski definition) is 6. The molecule has 148 valence electrons. The number of phenolic OH excluding ortho intramolecular Hbond substituents is 1. The predicted molar refractivity (Wildman–Crippen MR) is 109 cm³/mol. The Labute approximate surface area is 168 Å². The second-order valence-corrected chi connectivity index (χ2v) is 8.49. The van der Waals surface area contributed by atoms with Crippen LogP contribution in [0.2, 0.25) is 0 Å². The normalized spacial score (nSPS) is 18.9. The molecule has 4 rings (SSSR count). The molecule has 0 aromatic heterocycles. The van der Waals surface area contributed by atoms with Gasteiger partial charge < -0.3 is 20.7 Å². The number of carboxylic acid groups (broad SMARTS) is 1. The van der Waals surface area contributed by atoms with Gasteiger partial charge in [0, 0.05) is 28.8 Å². The minimum atomic E-state index is -0.999. The molecule has 1 aliphatic heterocycles. The van der Waals surface area contributed by atoms with E-state index in [2.05, 4.69) is 24.1 Å². The Morgan fingerprint density at radius 1 is 1.39 bits per heavy atom. The average Bonchev–Trinajstić information content (AvgIpc) is 2.68. The van der Waals surface area contributed by atoms with Gasteiger partial charge in [0.05, 0.1) is 7.11 Å². The molecule has 1 heterocycles. The van der Waals surface area contributed by atoms with Gasteiger partial charge in [0.15, 0.2) is 11.5 Å². The van der Waals surface area contributed by atoms with Crippen molar-refractivity contribution in [3.8, 4) is 22.6 Å². The molecule has 0 fully saturated rings. The molecule has 2 aromatic rings. The molecule has 0 saturated heterocycles. The van der Waals surface area contributed by atoms with Crippen molar-refractivity contribution in [3.63, 3.8) is 0 Å². The third-order valence-electron chi connectivity index (χ3n) is 5.71. The second-order valence-electron chi connectivity index (χ2n) is 7.40. The fourth-order valence-corrected chi connectivity index (χ4v) is 5.16. The summed E-state index contributed by atoms with van der Waals surface area (Å²) in [6, 6.07) is 7.42. The number of benzene rings is 2. The smallest absolute Gasteiger partial charge is 0.321 e. The van der Waals surface area contributed by atoms with E-state index in [1.54, 1.807) is 7.11 Å². The number of phenols is 1. The van der Waals surface area contributed by atoms with Crippen LogP contribution < -0.4 is 10.5 Å². The van der Waals surface area contributed by atoms with Gasteiger partial charge in [-0.3, -0.25) is 9.69 Å². The number of ether oxygens (including phenoxy) is 1. The van der Waals surface area contributed by atoms with Crippen LogP contribution in [0.3, 0.4) is 0 Å². The SMILES string of the molecule is COc1ccc2c(c1O)-c1cc(SC[C@H](N)C(=O)O)cc3c1[C@@H](C2)N(C)CC3. The molecule has 1 aliphatic carbocycles. The maximum absolute atomic E-state index is 11.1. The molecule has 2 aliphatic rings. The van der Waals surface area contributed by atoms with Crippen molar-refractivity contribution in [2.45, 2.75) is 29.8 Å². The summed E-state index contributed by atoms with van der Waals surface area (Å²) in [6.07, 6.45) is 1.77. The highest BCUT2D eigenvalue weighted by Crippen LogP contribution is 2.51. The molecule has 2 atom stereocenters. The summed E-state index contributed by atoms with van der Waals surface area (Å²) in [7, 11) is 3.69. The van der Waals surface area contributed by atoms with Crippen molar-refractivity contribution >= 4 is 17.7 Å². The van der Waals surface area contributed by atoms with Crippen LogP contribution in [0.15, 0.2) is 29.2 Å². The van der Waals surface area contributed by atoms with Gasteiger partial charge in [0.2, 0.25) is 0 Å². The summed E-state index contributed by atoms with van der Waals surface area (Å²) in [6.45, 7) is 0.970. The summed E-state index contributed by atoms with van der Waals surface area (Å²) in [5.74, 6) is -0.0750. The standard InChI is InChI=1S/C21H24N2O4S/c1-23-6-5-12-7-13(28-10-15(22)21(25)26)9-14-18(12)16(23)8-11-3-4-17(27-2)20(24)19(11)14/h3-4,7,9,15-16,24H,5-6,8,10,22H2,1-2H3,(H,25,26)/t15-,16+/m0/s1. The number of nitrogens with two attached hydrogens (primary N) is 1. The molecule has 0 radical (unpaired) electrons. The van der Waals surface area contributed by atoms with Gasteiger partial charge in [-0.25, -0.2) is 0 Å². The predicted octanol–water partition coefficient (Wildman–Crippen LogP) is 2.66. The molecule has 0 amide bonds. The van der Waals surface area contributed by atoms with Crippen molar-refractivity contribution in [3.05, 3.63) is 41.0 Å². The molecular formula is C21H24N2O4S. The Kier molecular flexibility index (Phi) is 4.99. The molecule has 6 nitrogen and oxygen atoms in total. The van der Waals surface area contributed by atoms with Gasteiger partial charge in [-0.15, -0.1) is 11.8 Å². The first-order valence-corrected chi connectivity index (χ1v) is 10.3. The second kappa shape index (κ2) is 7.31. The number of rotatable bonds is 5. The third kappa shape index (κ3) is 3.13. The van der Waals surface area contributed by atoms with Crippen LogP contribution >= 0.6 is 11.8 Å². The van der Waals surface area contributed by atoms with Gasteiger partial charge in [-0.2, -0.15) is 0 Å². The summed E-state index contributed by atoms with van der Waals surface area (Å²) < 4.78 is 5.33. The van der Waals surface area contributed by atoms with Crippen LogP contribution in [-0.4, -0.2) is 53.6 Å². The van der Waals surface area contributed by atoms with Gasteiger partial charge in [-0.05, 0) is 60.3 Å². The van der Waals surface area contributed by atoms with Crippen LogP contribution in [-0.2, 0) is 17.6 Å². The van der Waals surface area contributed by atoms with E-state index in [0.717, 1.165) is 41.0 Å². The van der Waals surface area contributed by atoms with E-state index in [9.17, 15) is 9.90 Å². The zero-order chi connectivity index (χ0) is 20.0. The largest absolute Gasteiger partial charge is 0.504 e. The topological polar surface area (TPSA) is 96.0 Å². The Hall–Kier alpha value is -2.22. The first kappa shape index (κ1) is 19.1. The number of likely N-dealkylation sites (N-methyl/N-ethyl adjacent to an activating group) is 1. The Morgan fingerprint density at radius 2 is 2.18 bits per heavy atom. The molecule has 0 unspecified atom stereocenters. The fourth-order valence-electron chi connectivity index (χ4n) is 4.22. The van der Waals surface area contributed by atoms with E-state index >= 15 is 0 Å². The van der Waals surface area contributed by atoms with E-state index in [1.807, 2.05) is 12.1 Å². The molecule has 0 spiro atoms. The average molecular weight is 401 g/mol. The van der Waals surface area contributed by atoms with Crippen LogP contribution in [0, 0.1) is 0 Å². The third-order valence-corrected chi connectivity index (χ3v) is 6.81.